The van der Waals surface area contributed by atoms with Crippen molar-refractivity contribution < 1.29 is 0 Å². The number of aryl methyl sites for hydroxylation is 1. The Labute approximate surface area is 229 Å². The summed E-state index contributed by atoms with van der Waals surface area (Å²) in [6.07, 6.45) is 7.44. The minimum atomic E-state index is 0.744. The Morgan fingerprint density at radius 1 is 0.513 bits per heavy atom. The highest BCUT2D eigenvalue weighted by atomic mass is 15.0. The molecule has 2 aromatic heterocycles. The summed E-state index contributed by atoms with van der Waals surface area (Å²) in [6.45, 7) is 0. The molecule has 39 heavy (non-hydrogen) atoms. The Bertz CT molecular complexity index is 1690. The van der Waals surface area contributed by atoms with Crippen molar-refractivity contribution in [3.8, 4) is 39.6 Å². The number of aromatic nitrogens is 3. The molecule has 0 amide bonds. The Balaban J connectivity index is 1.40. The van der Waals surface area contributed by atoms with E-state index in [9.17, 15) is 0 Å². The summed E-state index contributed by atoms with van der Waals surface area (Å²) in [5.74, 6) is 0.744. The van der Waals surface area contributed by atoms with Crippen molar-refractivity contribution in [1.82, 2.24) is 14.5 Å². The lowest BCUT2D eigenvalue weighted by Gasteiger charge is -2.16. The zero-order valence-electron chi connectivity index (χ0n) is 22.1. The molecule has 0 aliphatic heterocycles. The maximum atomic E-state index is 5.08. The molecule has 2 heterocycles. The Morgan fingerprint density at radius 2 is 1.15 bits per heavy atom. The third kappa shape index (κ3) is 4.55. The van der Waals surface area contributed by atoms with Gasteiger partial charge >= 0.3 is 0 Å². The number of benzene rings is 4. The van der Waals surface area contributed by atoms with Crippen LogP contribution in [0.15, 0.2) is 115 Å². The molecule has 1 aliphatic carbocycles. The average Bonchev–Trinajstić information content (AvgIpc) is 3.30. The normalized spacial score (nSPS) is 13.5. The lowest BCUT2D eigenvalue weighted by Crippen LogP contribution is -2.05. The molecule has 4 aromatic carbocycles. The van der Waals surface area contributed by atoms with Crippen LogP contribution >= 0.6 is 0 Å². The van der Waals surface area contributed by atoms with Crippen LogP contribution in [-0.2, 0) is 12.8 Å². The second kappa shape index (κ2) is 10.3. The fraction of sp³-hybridized carbons (Fsp3) is 0.167. The lowest BCUT2D eigenvalue weighted by molar-refractivity contribution is 0.608. The second-order valence-electron chi connectivity index (χ2n) is 10.4. The fourth-order valence-electron chi connectivity index (χ4n) is 6.02. The highest BCUT2D eigenvalue weighted by Gasteiger charge is 2.20. The van der Waals surface area contributed by atoms with Crippen molar-refractivity contribution >= 4 is 10.9 Å². The van der Waals surface area contributed by atoms with Crippen LogP contribution in [0.5, 0.6) is 0 Å². The highest BCUT2D eigenvalue weighted by molar-refractivity contribution is 5.88. The Morgan fingerprint density at radius 3 is 1.95 bits per heavy atom. The van der Waals surface area contributed by atoms with E-state index in [1.54, 1.807) is 0 Å². The molecule has 0 unspecified atom stereocenters. The van der Waals surface area contributed by atoms with Crippen LogP contribution in [0, 0.1) is 0 Å². The first kappa shape index (κ1) is 23.6. The first-order valence-corrected chi connectivity index (χ1v) is 14.1. The molecule has 0 saturated heterocycles. The summed E-state index contributed by atoms with van der Waals surface area (Å²) in [6, 6.07) is 40.6. The molecule has 7 rings (SSSR count). The number of nitrogens with zero attached hydrogens (tertiary/aromatic N) is 3. The zero-order valence-corrected chi connectivity index (χ0v) is 22.1. The van der Waals surface area contributed by atoms with E-state index in [1.807, 2.05) is 24.3 Å². The predicted molar refractivity (Wildman–Crippen MR) is 161 cm³/mol. The molecule has 3 nitrogen and oxygen atoms in total. The van der Waals surface area contributed by atoms with E-state index in [4.69, 9.17) is 9.97 Å². The summed E-state index contributed by atoms with van der Waals surface area (Å²) >= 11 is 0. The zero-order chi connectivity index (χ0) is 26.0. The topological polar surface area (TPSA) is 30.7 Å². The van der Waals surface area contributed by atoms with Gasteiger partial charge in [0.05, 0.1) is 16.9 Å². The summed E-state index contributed by atoms with van der Waals surface area (Å²) < 4.78 is 2.51. The molecular formula is C36H31N3. The van der Waals surface area contributed by atoms with E-state index in [1.165, 1.54) is 53.5 Å². The van der Waals surface area contributed by atoms with E-state index >= 15 is 0 Å². The van der Waals surface area contributed by atoms with Crippen LogP contribution in [0.3, 0.4) is 0 Å². The molecule has 0 fully saturated rings. The Kier molecular flexibility index (Phi) is 6.26. The first-order chi connectivity index (χ1) is 19.3. The van der Waals surface area contributed by atoms with Gasteiger partial charge in [-0.3, -0.25) is 0 Å². The molecule has 0 saturated carbocycles. The van der Waals surface area contributed by atoms with Crippen molar-refractivity contribution in [3.05, 3.63) is 127 Å². The third-order valence-electron chi connectivity index (χ3n) is 7.91. The summed E-state index contributed by atoms with van der Waals surface area (Å²) in [7, 11) is 0. The van der Waals surface area contributed by atoms with Crippen LogP contribution in [-0.4, -0.2) is 14.5 Å². The number of hydrogen-bond donors (Lipinski definition) is 0. The molecule has 1 aliphatic rings. The second-order valence-corrected chi connectivity index (χ2v) is 10.4. The third-order valence-corrected chi connectivity index (χ3v) is 7.91. The van der Waals surface area contributed by atoms with Gasteiger partial charge in [0.2, 0.25) is 0 Å². The lowest BCUT2D eigenvalue weighted by atomic mass is 9.96. The maximum Gasteiger partial charge on any atom is 0.160 e. The maximum absolute atomic E-state index is 5.08. The van der Waals surface area contributed by atoms with Gasteiger partial charge in [0, 0.05) is 33.5 Å². The molecule has 3 heteroatoms. The van der Waals surface area contributed by atoms with Gasteiger partial charge in [0.25, 0.3) is 0 Å². The summed E-state index contributed by atoms with van der Waals surface area (Å²) in [4.78, 5) is 10.1. The molecule has 190 valence electrons. The van der Waals surface area contributed by atoms with Gasteiger partial charge in [-0.25, -0.2) is 9.97 Å². The highest BCUT2D eigenvalue weighted by Crippen LogP contribution is 2.35. The van der Waals surface area contributed by atoms with Gasteiger partial charge in [-0.2, -0.15) is 0 Å². The minimum absolute atomic E-state index is 0.744. The number of para-hydroxylation sites is 1. The van der Waals surface area contributed by atoms with Crippen molar-refractivity contribution in [3.63, 3.8) is 0 Å². The monoisotopic (exact) mass is 505 g/mol. The Hall–Kier alpha value is -4.50. The summed E-state index contributed by atoms with van der Waals surface area (Å²) in [5, 5.41) is 1.40. The van der Waals surface area contributed by atoms with Gasteiger partial charge in [0.15, 0.2) is 5.82 Å². The number of fused-ring (bicyclic) bond motifs is 3. The molecular weight excluding hydrogens is 474 g/mol. The van der Waals surface area contributed by atoms with Crippen molar-refractivity contribution in [1.29, 1.82) is 0 Å². The molecule has 0 spiro atoms. The van der Waals surface area contributed by atoms with Gasteiger partial charge in [-0.05, 0) is 55.5 Å². The van der Waals surface area contributed by atoms with Crippen molar-refractivity contribution in [2.45, 2.75) is 38.5 Å². The van der Waals surface area contributed by atoms with Crippen molar-refractivity contribution in [2.75, 3.05) is 0 Å². The van der Waals surface area contributed by atoms with E-state index in [0.29, 0.717) is 0 Å². The molecule has 0 bridgehead atoms. The van der Waals surface area contributed by atoms with Gasteiger partial charge < -0.3 is 4.57 Å². The van der Waals surface area contributed by atoms with Crippen molar-refractivity contribution in [2.24, 2.45) is 0 Å². The van der Waals surface area contributed by atoms with E-state index in [2.05, 4.69) is 95.6 Å². The standard InChI is InChI=1S/C36H31N3/c1-2-10-22-34-30(20-9-1)31-21-11-12-23-35(31)39(34)29-19-13-18-28(24-29)33-25-32(26-14-5-3-6-15-26)37-36(38-33)27-16-7-4-8-17-27/h3-8,11-19,21,23-25H,1-2,9-10,20,22H2. The molecule has 0 atom stereocenters. The fourth-order valence-corrected chi connectivity index (χ4v) is 6.02. The largest absolute Gasteiger partial charge is 0.313 e. The SMILES string of the molecule is c1ccc(-c2cc(-c3cccc(-n4c5c(c6ccccc64)CCCCCC5)c3)nc(-c3ccccc3)n2)cc1. The van der Waals surface area contributed by atoms with Gasteiger partial charge in [-0.15, -0.1) is 0 Å². The van der Waals surface area contributed by atoms with Gasteiger partial charge in [-0.1, -0.05) is 104 Å². The molecule has 0 N–H and O–H groups in total. The smallest absolute Gasteiger partial charge is 0.160 e. The predicted octanol–water partition coefficient (Wildman–Crippen LogP) is 9.08. The van der Waals surface area contributed by atoms with E-state index in [-0.39, 0.29) is 0 Å². The minimum Gasteiger partial charge on any atom is -0.313 e. The average molecular weight is 506 g/mol. The van der Waals surface area contributed by atoms with Crippen LogP contribution in [0.2, 0.25) is 0 Å². The van der Waals surface area contributed by atoms with Crippen LogP contribution in [0.4, 0.5) is 0 Å². The molecule has 6 aromatic rings. The quantitative estimate of drug-likeness (QED) is 0.239. The summed E-state index contributed by atoms with van der Waals surface area (Å²) in [5.41, 5.74) is 10.6. The van der Waals surface area contributed by atoms with Crippen LogP contribution < -0.4 is 0 Å². The van der Waals surface area contributed by atoms with Crippen LogP contribution in [0.25, 0.3) is 50.5 Å². The van der Waals surface area contributed by atoms with Gasteiger partial charge in [0.1, 0.15) is 0 Å². The van der Waals surface area contributed by atoms with Crippen LogP contribution in [0.1, 0.15) is 36.9 Å². The first-order valence-electron chi connectivity index (χ1n) is 14.1. The molecule has 0 radical (unpaired) electrons. The van der Waals surface area contributed by atoms with E-state index in [0.717, 1.165) is 46.7 Å². The number of hydrogen-bond acceptors (Lipinski definition) is 2. The van der Waals surface area contributed by atoms with E-state index < -0.39 is 0 Å². The number of rotatable bonds is 4.